The molecule has 7 heteroatoms. The summed E-state index contributed by atoms with van der Waals surface area (Å²) in [6.45, 7) is 0.0976. The second-order valence-corrected chi connectivity index (χ2v) is 7.25. The number of rotatable bonds is 5. The Kier molecular flexibility index (Phi) is 5.25. The van der Waals surface area contributed by atoms with Gasteiger partial charge in [-0.25, -0.2) is 0 Å². The molecule has 0 atom stereocenters. The number of hydrogen-bond donors (Lipinski definition) is 2. The number of carbonyl (C=O) groups is 1. The molecule has 1 heterocycles. The number of aromatic nitrogens is 3. The topological polar surface area (TPSA) is 71.9 Å². The fourth-order valence-electron chi connectivity index (χ4n) is 3.66. The molecule has 1 aliphatic rings. The Bertz CT molecular complexity index is 1050. The van der Waals surface area contributed by atoms with Crippen LogP contribution in [0.25, 0.3) is 11.4 Å². The van der Waals surface area contributed by atoms with Crippen molar-refractivity contribution in [3.8, 4) is 17.1 Å². The number of nitrogens with zero attached hydrogens (tertiary/aromatic N) is 2. The van der Waals surface area contributed by atoms with Crippen LogP contribution < -0.4 is 10.1 Å². The summed E-state index contributed by atoms with van der Waals surface area (Å²) in [5.41, 5.74) is 4.36. The number of nitrogens with one attached hydrogen (secondary N) is 2. The molecule has 6 nitrogen and oxygen atoms in total. The molecule has 0 bridgehead atoms. The minimum absolute atomic E-state index is 0.0976. The maximum atomic E-state index is 12.8. The van der Waals surface area contributed by atoms with Gasteiger partial charge in [-0.05, 0) is 79.4 Å². The Labute approximate surface area is 168 Å². The minimum Gasteiger partial charge on any atom is -0.497 e. The van der Waals surface area contributed by atoms with Crippen molar-refractivity contribution in [3.63, 3.8) is 0 Å². The third-order valence-electron chi connectivity index (χ3n) is 5.08. The van der Waals surface area contributed by atoms with E-state index in [1.54, 1.807) is 11.7 Å². The Morgan fingerprint density at radius 1 is 1.21 bits per heavy atom. The third-order valence-corrected chi connectivity index (χ3v) is 5.39. The van der Waals surface area contributed by atoms with Crippen LogP contribution in [0.1, 0.15) is 24.0 Å². The van der Waals surface area contributed by atoms with Crippen molar-refractivity contribution < 1.29 is 9.53 Å². The van der Waals surface area contributed by atoms with Crippen LogP contribution in [0, 0.1) is 4.77 Å². The fourth-order valence-corrected chi connectivity index (χ4v) is 3.85. The summed E-state index contributed by atoms with van der Waals surface area (Å²) in [4.78, 5) is 12.8. The largest absolute Gasteiger partial charge is 0.497 e. The highest BCUT2D eigenvalue weighted by Crippen LogP contribution is 2.28. The minimum atomic E-state index is -0.119. The van der Waals surface area contributed by atoms with Gasteiger partial charge in [0.1, 0.15) is 12.3 Å². The summed E-state index contributed by atoms with van der Waals surface area (Å²) >= 11 is 5.34. The second kappa shape index (κ2) is 7.98. The lowest BCUT2D eigenvalue weighted by Gasteiger charge is -2.19. The van der Waals surface area contributed by atoms with E-state index in [1.165, 1.54) is 17.5 Å². The van der Waals surface area contributed by atoms with Gasteiger partial charge in [0.05, 0.1) is 7.11 Å². The number of carbonyl (C=O) groups excluding carboxylic acids is 1. The average molecular weight is 395 g/mol. The number of ether oxygens (including phenoxy) is 1. The normalized spacial score (nSPS) is 13.0. The van der Waals surface area contributed by atoms with E-state index in [-0.39, 0.29) is 12.5 Å². The van der Waals surface area contributed by atoms with Crippen LogP contribution >= 0.6 is 12.2 Å². The van der Waals surface area contributed by atoms with Gasteiger partial charge in [0.15, 0.2) is 10.6 Å². The van der Waals surface area contributed by atoms with Crippen molar-refractivity contribution in [2.75, 3.05) is 12.4 Å². The van der Waals surface area contributed by atoms with Crippen molar-refractivity contribution in [2.24, 2.45) is 0 Å². The van der Waals surface area contributed by atoms with Crippen LogP contribution in [-0.4, -0.2) is 27.8 Å². The Balaban J connectivity index is 1.56. The average Bonchev–Trinajstić information content (AvgIpc) is 3.08. The molecular weight excluding hydrogens is 372 g/mol. The zero-order valence-electron chi connectivity index (χ0n) is 15.7. The highest BCUT2D eigenvalue weighted by atomic mass is 32.1. The molecule has 28 heavy (non-hydrogen) atoms. The first kappa shape index (κ1) is 18.4. The smallest absolute Gasteiger partial charge is 0.244 e. The lowest BCUT2D eigenvalue weighted by Crippen LogP contribution is -2.21. The zero-order chi connectivity index (χ0) is 19.5. The van der Waals surface area contributed by atoms with E-state index in [9.17, 15) is 4.79 Å². The Hall–Kier alpha value is -2.93. The van der Waals surface area contributed by atoms with Gasteiger partial charge in [0, 0.05) is 11.3 Å². The van der Waals surface area contributed by atoms with Gasteiger partial charge in [-0.3, -0.25) is 14.5 Å². The molecule has 2 aromatic carbocycles. The number of aryl methyl sites for hydroxylation is 1. The van der Waals surface area contributed by atoms with Crippen LogP contribution in [0.4, 0.5) is 5.69 Å². The molecule has 1 aromatic heterocycles. The predicted molar refractivity (Wildman–Crippen MR) is 111 cm³/mol. The summed E-state index contributed by atoms with van der Waals surface area (Å²) in [6.07, 6.45) is 4.45. The van der Waals surface area contributed by atoms with Gasteiger partial charge < -0.3 is 10.1 Å². The molecule has 0 aliphatic heterocycles. The molecule has 0 saturated heterocycles. The highest BCUT2D eigenvalue weighted by Gasteiger charge is 2.16. The van der Waals surface area contributed by atoms with Gasteiger partial charge in [-0.15, -0.1) is 0 Å². The molecule has 0 saturated carbocycles. The molecule has 144 valence electrons. The molecule has 0 spiro atoms. The van der Waals surface area contributed by atoms with E-state index in [4.69, 9.17) is 17.0 Å². The number of H-pyrrole nitrogens is 1. The number of methoxy groups -OCH3 is 1. The van der Waals surface area contributed by atoms with Crippen molar-refractivity contribution in [3.05, 3.63) is 58.4 Å². The van der Waals surface area contributed by atoms with Crippen LogP contribution in [0.2, 0.25) is 0 Å². The van der Waals surface area contributed by atoms with Crippen molar-refractivity contribution in [1.29, 1.82) is 0 Å². The summed E-state index contributed by atoms with van der Waals surface area (Å²) in [5, 5.41) is 10.1. The van der Waals surface area contributed by atoms with Gasteiger partial charge in [0.2, 0.25) is 5.91 Å². The maximum absolute atomic E-state index is 12.8. The molecule has 0 radical (unpaired) electrons. The Morgan fingerprint density at radius 2 is 2.00 bits per heavy atom. The van der Waals surface area contributed by atoms with E-state index < -0.39 is 0 Å². The first-order chi connectivity index (χ1) is 13.7. The monoisotopic (exact) mass is 394 g/mol. The molecule has 1 amide bonds. The predicted octanol–water partition coefficient (Wildman–Crippen LogP) is 4.13. The van der Waals surface area contributed by atoms with Crippen LogP contribution in [0.3, 0.4) is 0 Å². The zero-order valence-corrected chi connectivity index (χ0v) is 16.5. The highest BCUT2D eigenvalue weighted by molar-refractivity contribution is 7.71. The Morgan fingerprint density at radius 3 is 2.79 bits per heavy atom. The lowest BCUT2D eigenvalue weighted by molar-refractivity contribution is -0.116. The summed E-state index contributed by atoms with van der Waals surface area (Å²) in [6, 6.07) is 13.6. The van der Waals surface area contributed by atoms with Crippen molar-refractivity contribution in [1.82, 2.24) is 14.8 Å². The van der Waals surface area contributed by atoms with E-state index in [0.717, 1.165) is 36.3 Å². The standard InChI is InChI=1S/C21H22N4O2S/c1-27-16-11-9-15(10-12-16)20-23-24-21(28)25(20)13-19(26)22-18-8-4-6-14-5-2-3-7-17(14)18/h4,6,8-12H,2-3,5,7,13H2,1H3,(H,22,26)(H,24,28). The molecular formula is C21H22N4O2S. The second-order valence-electron chi connectivity index (χ2n) is 6.87. The number of fused-ring (bicyclic) bond motifs is 1. The molecule has 0 fully saturated rings. The summed E-state index contributed by atoms with van der Waals surface area (Å²) in [5.74, 6) is 1.26. The van der Waals surface area contributed by atoms with E-state index in [0.29, 0.717) is 10.6 Å². The summed E-state index contributed by atoms with van der Waals surface area (Å²) < 4.78 is 7.32. The SMILES string of the molecule is COc1ccc(-c2n[nH]c(=S)n2CC(=O)Nc2cccc3c2CCCC3)cc1. The van der Waals surface area contributed by atoms with Crippen LogP contribution in [0.15, 0.2) is 42.5 Å². The van der Waals surface area contributed by atoms with E-state index in [1.807, 2.05) is 36.4 Å². The van der Waals surface area contributed by atoms with Crippen molar-refractivity contribution >= 4 is 23.8 Å². The van der Waals surface area contributed by atoms with Crippen LogP contribution in [-0.2, 0) is 24.2 Å². The maximum Gasteiger partial charge on any atom is 0.244 e. The number of anilines is 1. The van der Waals surface area contributed by atoms with E-state index >= 15 is 0 Å². The van der Waals surface area contributed by atoms with Gasteiger partial charge in [-0.2, -0.15) is 5.10 Å². The van der Waals surface area contributed by atoms with Crippen LogP contribution in [0.5, 0.6) is 5.75 Å². The first-order valence-electron chi connectivity index (χ1n) is 9.36. The van der Waals surface area contributed by atoms with Gasteiger partial charge in [0.25, 0.3) is 0 Å². The summed E-state index contributed by atoms with van der Waals surface area (Å²) in [7, 11) is 1.62. The number of hydrogen-bond acceptors (Lipinski definition) is 4. The van der Waals surface area contributed by atoms with E-state index in [2.05, 4.69) is 21.6 Å². The molecule has 0 unspecified atom stereocenters. The quantitative estimate of drug-likeness (QED) is 0.638. The van der Waals surface area contributed by atoms with Gasteiger partial charge >= 0.3 is 0 Å². The lowest BCUT2D eigenvalue weighted by atomic mass is 9.90. The first-order valence-corrected chi connectivity index (χ1v) is 9.77. The third kappa shape index (κ3) is 3.71. The number of aromatic amines is 1. The molecule has 1 aliphatic carbocycles. The van der Waals surface area contributed by atoms with Gasteiger partial charge in [-0.1, -0.05) is 12.1 Å². The van der Waals surface area contributed by atoms with Crippen molar-refractivity contribution in [2.45, 2.75) is 32.2 Å². The fraction of sp³-hybridized carbons (Fsp3) is 0.286. The molecule has 3 aromatic rings. The molecule has 4 rings (SSSR count). The number of amides is 1. The number of benzene rings is 2. The molecule has 2 N–H and O–H groups in total.